The summed E-state index contributed by atoms with van der Waals surface area (Å²) >= 11 is 1.66. The number of likely N-dealkylation sites (N-methyl/N-ethyl adjacent to an activating group) is 1. The van der Waals surface area contributed by atoms with Gasteiger partial charge in [-0.25, -0.2) is 0 Å². The van der Waals surface area contributed by atoms with Crippen molar-refractivity contribution in [1.82, 2.24) is 10.2 Å². The summed E-state index contributed by atoms with van der Waals surface area (Å²) in [4.78, 5) is 27.9. The van der Waals surface area contributed by atoms with E-state index in [1.165, 1.54) is 5.56 Å². The molecule has 0 aliphatic carbocycles. The maximum absolute atomic E-state index is 12.2. The summed E-state index contributed by atoms with van der Waals surface area (Å²) in [7, 11) is 4.02. The highest BCUT2D eigenvalue weighted by Crippen LogP contribution is 2.22. The zero-order valence-corrected chi connectivity index (χ0v) is 16.5. The van der Waals surface area contributed by atoms with Crippen LogP contribution in [0.2, 0.25) is 0 Å². The number of anilines is 1. The fourth-order valence-electron chi connectivity index (χ4n) is 3.18. The van der Waals surface area contributed by atoms with E-state index >= 15 is 0 Å². The fourth-order valence-corrected chi connectivity index (χ4v) is 3.88. The normalized spacial score (nSPS) is 15.7. The van der Waals surface area contributed by atoms with Gasteiger partial charge in [0.2, 0.25) is 11.8 Å². The van der Waals surface area contributed by atoms with E-state index in [1.807, 2.05) is 48.6 Å². The number of rotatable bonds is 7. The Morgan fingerprint density at radius 3 is 2.67 bits per heavy atom. The van der Waals surface area contributed by atoms with E-state index in [0.29, 0.717) is 13.0 Å². The summed E-state index contributed by atoms with van der Waals surface area (Å²) in [6.07, 6.45) is 4.89. The van der Waals surface area contributed by atoms with Crippen LogP contribution in [0, 0.1) is 0 Å². The summed E-state index contributed by atoms with van der Waals surface area (Å²) in [6, 6.07) is 9.96. The second kappa shape index (κ2) is 8.97. The number of nitrogens with one attached hydrogen (secondary N) is 1. The minimum atomic E-state index is -0.115. The Hall–Kier alpha value is -2.44. The van der Waals surface area contributed by atoms with Gasteiger partial charge in [-0.3, -0.25) is 9.59 Å². The van der Waals surface area contributed by atoms with Gasteiger partial charge in [0, 0.05) is 31.3 Å². The zero-order valence-electron chi connectivity index (χ0n) is 15.7. The molecule has 5 nitrogen and oxygen atoms in total. The molecule has 1 N–H and O–H groups in total. The Kier molecular flexibility index (Phi) is 6.42. The molecule has 0 radical (unpaired) electrons. The van der Waals surface area contributed by atoms with Gasteiger partial charge in [-0.1, -0.05) is 12.1 Å². The van der Waals surface area contributed by atoms with Crippen molar-refractivity contribution in [3.05, 3.63) is 58.3 Å². The number of thiophene rings is 1. The highest BCUT2D eigenvalue weighted by molar-refractivity contribution is 7.07. The number of amides is 2. The molecule has 1 fully saturated rings. The van der Waals surface area contributed by atoms with Crippen molar-refractivity contribution in [2.75, 3.05) is 32.1 Å². The van der Waals surface area contributed by atoms with E-state index in [-0.39, 0.29) is 17.9 Å². The molecule has 6 heteroatoms. The molecule has 1 saturated heterocycles. The fraction of sp³-hybridized carbons (Fsp3) is 0.333. The third kappa shape index (κ3) is 5.05. The first kappa shape index (κ1) is 19.3. The molecule has 0 bridgehead atoms. The maximum atomic E-state index is 12.2. The molecule has 1 atom stereocenters. The molecule has 2 amide bonds. The number of benzene rings is 1. The molecule has 3 rings (SSSR count). The van der Waals surface area contributed by atoms with Crippen LogP contribution in [-0.2, 0) is 9.59 Å². The summed E-state index contributed by atoms with van der Waals surface area (Å²) in [5.41, 5.74) is 3.06. The number of hydrogen-bond donors (Lipinski definition) is 1. The van der Waals surface area contributed by atoms with Crippen LogP contribution in [0.1, 0.15) is 30.0 Å². The third-order valence-electron chi connectivity index (χ3n) is 4.73. The van der Waals surface area contributed by atoms with E-state index in [0.717, 1.165) is 24.2 Å². The predicted molar refractivity (Wildman–Crippen MR) is 111 cm³/mol. The molecule has 2 heterocycles. The Balaban J connectivity index is 1.54. The van der Waals surface area contributed by atoms with Crippen molar-refractivity contribution < 1.29 is 9.59 Å². The summed E-state index contributed by atoms with van der Waals surface area (Å²) < 4.78 is 0. The average Bonchev–Trinajstić information content (AvgIpc) is 3.32. The Bertz CT molecular complexity index is 797. The molecule has 2 aromatic rings. The van der Waals surface area contributed by atoms with Crippen molar-refractivity contribution in [2.45, 2.75) is 18.9 Å². The lowest BCUT2D eigenvalue weighted by Crippen LogP contribution is -2.33. The second-order valence-corrected chi connectivity index (χ2v) is 7.64. The van der Waals surface area contributed by atoms with Crippen molar-refractivity contribution >= 4 is 34.9 Å². The first-order chi connectivity index (χ1) is 13.0. The molecule has 0 saturated carbocycles. The van der Waals surface area contributed by atoms with Gasteiger partial charge in [-0.15, -0.1) is 0 Å². The van der Waals surface area contributed by atoms with Gasteiger partial charge in [-0.2, -0.15) is 11.3 Å². The summed E-state index contributed by atoms with van der Waals surface area (Å²) in [6.45, 7) is 1.34. The van der Waals surface area contributed by atoms with Gasteiger partial charge in [0.05, 0.1) is 6.04 Å². The van der Waals surface area contributed by atoms with Crippen molar-refractivity contribution in [3.8, 4) is 0 Å². The van der Waals surface area contributed by atoms with Gasteiger partial charge < -0.3 is 15.1 Å². The summed E-state index contributed by atoms with van der Waals surface area (Å²) in [5, 5.41) is 7.13. The molecule has 1 aliphatic heterocycles. The number of hydrogen-bond acceptors (Lipinski definition) is 4. The van der Waals surface area contributed by atoms with Crippen LogP contribution < -0.4 is 10.2 Å². The summed E-state index contributed by atoms with van der Waals surface area (Å²) in [5.74, 6) is 0.0645. The number of carbonyl (C=O) groups is 2. The lowest BCUT2D eigenvalue weighted by atomic mass is 10.1. The van der Waals surface area contributed by atoms with Crippen LogP contribution in [0.5, 0.6) is 0 Å². The minimum Gasteiger partial charge on any atom is -0.351 e. The lowest BCUT2D eigenvalue weighted by Gasteiger charge is -2.23. The first-order valence-electron chi connectivity index (χ1n) is 9.09. The Morgan fingerprint density at radius 1 is 1.30 bits per heavy atom. The molecule has 1 unspecified atom stereocenters. The van der Waals surface area contributed by atoms with Crippen LogP contribution >= 0.6 is 11.3 Å². The topological polar surface area (TPSA) is 52.7 Å². The minimum absolute atomic E-state index is 0.115. The van der Waals surface area contributed by atoms with Gasteiger partial charge in [-0.05, 0) is 66.7 Å². The predicted octanol–water partition coefficient (Wildman–Crippen LogP) is 3.31. The smallest absolute Gasteiger partial charge is 0.244 e. The first-order valence-corrected chi connectivity index (χ1v) is 10.0. The van der Waals surface area contributed by atoms with Gasteiger partial charge in [0.25, 0.3) is 0 Å². The standard InChI is InChI=1S/C21H25N3O2S/c1-23(2)19(17-11-13-27-15-17)14-22-20(25)10-7-16-5-8-18(9-6-16)24-12-3-4-21(24)26/h5-11,13,15,19H,3-4,12,14H2,1-2H3,(H,22,25)/b10-7+. The molecule has 0 spiro atoms. The van der Waals surface area contributed by atoms with Gasteiger partial charge in [0.1, 0.15) is 0 Å². The molecular formula is C21H25N3O2S. The van der Waals surface area contributed by atoms with Crippen molar-refractivity contribution in [3.63, 3.8) is 0 Å². The lowest BCUT2D eigenvalue weighted by molar-refractivity contribution is -0.117. The Labute approximate surface area is 164 Å². The number of carbonyl (C=O) groups excluding carboxylic acids is 2. The quantitative estimate of drug-likeness (QED) is 0.747. The SMILES string of the molecule is CN(C)C(CNC(=O)/C=C/c1ccc(N2CCCC2=O)cc1)c1ccsc1. The van der Waals surface area contributed by atoms with Crippen LogP contribution in [0.4, 0.5) is 5.69 Å². The van der Waals surface area contributed by atoms with Crippen LogP contribution in [0.15, 0.2) is 47.2 Å². The van der Waals surface area contributed by atoms with Crippen LogP contribution in [0.25, 0.3) is 6.08 Å². The number of nitrogens with zero attached hydrogens (tertiary/aromatic N) is 2. The van der Waals surface area contributed by atoms with Crippen LogP contribution in [0.3, 0.4) is 0 Å². The van der Waals surface area contributed by atoms with Crippen molar-refractivity contribution in [1.29, 1.82) is 0 Å². The molecule has 1 aromatic carbocycles. The highest BCUT2D eigenvalue weighted by atomic mass is 32.1. The third-order valence-corrected chi connectivity index (χ3v) is 5.43. The molecule has 1 aliphatic rings. The van der Waals surface area contributed by atoms with Gasteiger partial charge in [0.15, 0.2) is 0 Å². The van der Waals surface area contributed by atoms with Crippen LogP contribution in [-0.4, -0.2) is 43.9 Å². The Morgan fingerprint density at radius 2 is 2.07 bits per heavy atom. The van der Waals surface area contributed by atoms with E-state index < -0.39 is 0 Å². The molecule has 27 heavy (non-hydrogen) atoms. The second-order valence-electron chi connectivity index (χ2n) is 6.86. The van der Waals surface area contributed by atoms with E-state index in [4.69, 9.17) is 0 Å². The molecular weight excluding hydrogens is 358 g/mol. The molecule has 142 valence electrons. The average molecular weight is 384 g/mol. The highest BCUT2D eigenvalue weighted by Gasteiger charge is 2.21. The molecule has 1 aromatic heterocycles. The monoisotopic (exact) mass is 383 g/mol. The van der Waals surface area contributed by atoms with E-state index in [9.17, 15) is 9.59 Å². The largest absolute Gasteiger partial charge is 0.351 e. The van der Waals surface area contributed by atoms with E-state index in [2.05, 4.69) is 21.7 Å². The zero-order chi connectivity index (χ0) is 19.2. The van der Waals surface area contributed by atoms with Crippen molar-refractivity contribution in [2.24, 2.45) is 0 Å². The maximum Gasteiger partial charge on any atom is 0.244 e. The van der Waals surface area contributed by atoms with Gasteiger partial charge >= 0.3 is 0 Å². The van der Waals surface area contributed by atoms with E-state index in [1.54, 1.807) is 23.5 Å².